The van der Waals surface area contributed by atoms with Gasteiger partial charge in [-0.2, -0.15) is 0 Å². The summed E-state index contributed by atoms with van der Waals surface area (Å²) >= 11 is 0. The standard InChI is InChI=1S/C25H36N4O4/c1-4-22(30)27-13-14-28-20-15-18(8-9-21(20)33-25(24(28)32)10-6-11-25)23(31)29(17(2)3)19-7-5-12-26-16-19/h8-9,15,17,19,26H,4-7,10-14,16H2,1-3H3,(H,27,30)/t19-/m1/s1. The van der Waals surface area contributed by atoms with Crippen molar-refractivity contribution in [2.24, 2.45) is 0 Å². The maximum atomic E-state index is 13.6. The monoisotopic (exact) mass is 456 g/mol. The molecule has 8 nitrogen and oxygen atoms in total. The van der Waals surface area contributed by atoms with Crippen molar-refractivity contribution in [1.29, 1.82) is 0 Å². The summed E-state index contributed by atoms with van der Waals surface area (Å²) < 4.78 is 6.19. The zero-order valence-electron chi connectivity index (χ0n) is 20.0. The molecule has 1 aromatic rings. The van der Waals surface area contributed by atoms with Crippen LogP contribution in [0.15, 0.2) is 18.2 Å². The van der Waals surface area contributed by atoms with Crippen LogP contribution in [0.25, 0.3) is 0 Å². The summed E-state index contributed by atoms with van der Waals surface area (Å²) in [5.74, 6) is 0.473. The van der Waals surface area contributed by atoms with Gasteiger partial charge in [0.2, 0.25) is 5.91 Å². The first-order valence-corrected chi connectivity index (χ1v) is 12.3. The van der Waals surface area contributed by atoms with Crippen LogP contribution in [0.3, 0.4) is 0 Å². The molecule has 3 aliphatic rings. The topological polar surface area (TPSA) is 91.0 Å². The minimum absolute atomic E-state index is 0.0304. The SMILES string of the molecule is CCC(=O)NCCN1C(=O)C2(CCC2)Oc2ccc(C(=O)N(C(C)C)[C@@H]3CCCNC3)cc21. The Labute approximate surface area is 196 Å². The summed E-state index contributed by atoms with van der Waals surface area (Å²) in [5.41, 5.74) is 0.363. The van der Waals surface area contributed by atoms with Gasteiger partial charge in [-0.25, -0.2) is 0 Å². The van der Waals surface area contributed by atoms with E-state index in [1.54, 1.807) is 17.9 Å². The lowest BCUT2D eigenvalue weighted by Crippen LogP contribution is -2.60. The summed E-state index contributed by atoms with van der Waals surface area (Å²) in [6.07, 6.45) is 4.77. The van der Waals surface area contributed by atoms with Crippen LogP contribution in [-0.4, -0.2) is 66.5 Å². The van der Waals surface area contributed by atoms with E-state index in [9.17, 15) is 14.4 Å². The molecular weight excluding hydrogens is 420 g/mol. The van der Waals surface area contributed by atoms with Gasteiger partial charge >= 0.3 is 0 Å². The van der Waals surface area contributed by atoms with Crippen LogP contribution in [0, 0.1) is 0 Å². The van der Waals surface area contributed by atoms with E-state index >= 15 is 0 Å². The predicted molar refractivity (Wildman–Crippen MR) is 127 cm³/mol. The number of piperidine rings is 1. The first-order chi connectivity index (χ1) is 15.9. The molecular formula is C25H36N4O4. The van der Waals surface area contributed by atoms with Crippen molar-refractivity contribution >= 4 is 23.4 Å². The molecule has 1 aliphatic carbocycles. The third-order valence-electron chi connectivity index (χ3n) is 7.03. The number of nitrogens with one attached hydrogen (secondary N) is 2. The summed E-state index contributed by atoms with van der Waals surface area (Å²) in [6.45, 7) is 8.37. The Hall–Kier alpha value is -2.61. The van der Waals surface area contributed by atoms with Crippen LogP contribution >= 0.6 is 0 Å². The number of hydrogen-bond acceptors (Lipinski definition) is 5. The molecule has 33 heavy (non-hydrogen) atoms. The lowest BCUT2D eigenvalue weighted by atomic mass is 9.77. The molecule has 3 amide bonds. The fourth-order valence-corrected chi connectivity index (χ4v) is 5.07. The summed E-state index contributed by atoms with van der Waals surface area (Å²) in [4.78, 5) is 42.4. The quantitative estimate of drug-likeness (QED) is 0.658. The first kappa shape index (κ1) is 23.5. The van der Waals surface area contributed by atoms with Gasteiger partial charge in [0.05, 0.1) is 5.69 Å². The highest BCUT2D eigenvalue weighted by molar-refractivity contribution is 6.05. The fourth-order valence-electron chi connectivity index (χ4n) is 5.07. The molecule has 2 aliphatic heterocycles. The van der Waals surface area contributed by atoms with Crippen molar-refractivity contribution in [3.63, 3.8) is 0 Å². The van der Waals surface area contributed by atoms with Crippen molar-refractivity contribution in [3.8, 4) is 5.75 Å². The van der Waals surface area contributed by atoms with Gasteiger partial charge in [0.15, 0.2) is 5.60 Å². The third-order valence-corrected chi connectivity index (χ3v) is 7.03. The third kappa shape index (κ3) is 4.58. The predicted octanol–water partition coefficient (Wildman–Crippen LogP) is 2.46. The molecule has 0 unspecified atom stereocenters. The highest BCUT2D eigenvalue weighted by atomic mass is 16.5. The van der Waals surface area contributed by atoms with Gasteiger partial charge in [-0.15, -0.1) is 0 Å². The van der Waals surface area contributed by atoms with Gasteiger partial charge in [0.1, 0.15) is 5.75 Å². The number of benzene rings is 1. The summed E-state index contributed by atoms with van der Waals surface area (Å²) in [5, 5.41) is 6.25. The van der Waals surface area contributed by atoms with Crippen LogP contribution in [0.1, 0.15) is 69.7 Å². The second kappa shape index (κ2) is 9.71. The molecule has 0 bridgehead atoms. The second-order valence-corrected chi connectivity index (χ2v) is 9.60. The molecule has 1 atom stereocenters. The molecule has 1 spiro atoms. The fraction of sp³-hybridized carbons (Fsp3) is 0.640. The average molecular weight is 457 g/mol. The van der Waals surface area contributed by atoms with E-state index in [4.69, 9.17) is 4.74 Å². The number of carbonyl (C=O) groups excluding carboxylic acids is 3. The van der Waals surface area contributed by atoms with Crippen molar-refractivity contribution in [1.82, 2.24) is 15.5 Å². The average Bonchev–Trinajstić information content (AvgIpc) is 2.79. The number of anilines is 1. The van der Waals surface area contributed by atoms with E-state index in [0.29, 0.717) is 49.4 Å². The Morgan fingerprint density at radius 2 is 2.09 bits per heavy atom. The number of hydrogen-bond donors (Lipinski definition) is 2. The Morgan fingerprint density at radius 1 is 1.30 bits per heavy atom. The Bertz CT molecular complexity index is 906. The Morgan fingerprint density at radius 3 is 2.70 bits per heavy atom. The van der Waals surface area contributed by atoms with Gasteiger partial charge in [0.25, 0.3) is 11.8 Å². The number of carbonyl (C=O) groups is 3. The van der Waals surface area contributed by atoms with Crippen molar-refractivity contribution in [2.75, 3.05) is 31.1 Å². The van der Waals surface area contributed by atoms with E-state index in [-0.39, 0.29) is 29.8 Å². The van der Waals surface area contributed by atoms with Gasteiger partial charge in [-0.1, -0.05) is 6.92 Å². The maximum absolute atomic E-state index is 13.6. The van der Waals surface area contributed by atoms with Crippen molar-refractivity contribution < 1.29 is 19.1 Å². The van der Waals surface area contributed by atoms with Crippen LogP contribution in [0.2, 0.25) is 0 Å². The summed E-state index contributed by atoms with van der Waals surface area (Å²) in [6, 6.07) is 5.64. The van der Waals surface area contributed by atoms with Crippen molar-refractivity contribution in [2.45, 2.75) is 77.0 Å². The van der Waals surface area contributed by atoms with Gasteiger partial charge in [-0.3, -0.25) is 14.4 Å². The molecule has 0 aromatic heterocycles. The second-order valence-electron chi connectivity index (χ2n) is 9.60. The molecule has 2 fully saturated rings. The molecule has 180 valence electrons. The Balaban J connectivity index is 1.62. The lowest BCUT2D eigenvalue weighted by molar-refractivity contribution is -0.143. The molecule has 1 saturated heterocycles. The van der Waals surface area contributed by atoms with E-state index in [1.807, 2.05) is 30.9 Å². The van der Waals surface area contributed by atoms with E-state index in [0.717, 1.165) is 32.4 Å². The molecule has 8 heteroatoms. The molecule has 1 aromatic carbocycles. The molecule has 2 N–H and O–H groups in total. The highest BCUT2D eigenvalue weighted by Gasteiger charge is 2.52. The van der Waals surface area contributed by atoms with Crippen LogP contribution < -0.4 is 20.3 Å². The molecule has 4 rings (SSSR count). The van der Waals surface area contributed by atoms with E-state index in [1.165, 1.54) is 0 Å². The van der Waals surface area contributed by atoms with Crippen LogP contribution in [-0.2, 0) is 9.59 Å². The highest BCUT2D eigenvalue weighted by Crippen LogP contribution is 2.46. The minimum atomic E-state index is -0.801. The maximum Gasteiger partial charge on any atom is 0.271 e. The van der Waals surface area contributed by atoms with Crippen molar-refractivity contribution in [3.05, 3.63) is 23.8 Å². The number of nitrogens with zero attached hydrogens (tertiary/aromatic N) is 2. The molecule has 0 radical (unpaired) electrons. The van der Waals surface area contributed by atoms with Gasteiger partial charge in [-0.05, 0) is 70.7 Å². The number of rotatable bonds is 7. The van der Waals surface area contributed by atoms with Crippen LogP contribution in [0.4, 0.5) is 5.69 Å². The molecule has 1 saturated carbocycles. The van der Waals surface area contributed by atoms with E-state index < -0.39 is 5.60 Å². The number of ether oxygens (including phenoxy) is 1. The number of fused-ring (bicyclic) bond motifs is 1. The lowest BCUT2D eigenvalue weighted by Gasteiger charge is -2.47. The first-order valence-electron chi connectivity index (χ1n) is 12.3. The Kier molecular flexibility index (Phi) is 6.93. The van der Waals surface area contributed by atoms with Gasteiger partial charge in [0, 0.05) is 43.7 Å². The van der Waals surface area contributed by atoms with Crippen LogP contribution in [0.5, 0.6) is 5.75 Å². The largest absolute Gasteiger partial charge is 0.475 e. The zero-order chi connectivity index (χ0) is 23.6. The smallest absolute Gasteiger partial charge is 0.271 e. The minimum Gasteiger partial charge on any atom is -0.475 e. The zero-order valence-corrected chi connectivity index (χ0v) is 20.0. The summed E-state index contributed by atoms with van der Waals surface area (Å²) in [7, 11) is 0. The normalized spacial score (nSPS) is 21.3. The van der Waals surface area contributed by atoms with Gasteiger partial charge < -0.3 is 25.2 Å². The molecule has 2 heterocycles. The number of amides is 3. The van der Waals surface area contributed by atoms with E-state index in [2.05, 4.69) is 10.6 Å².